The van der Waals surface area contributed by atoms with Crippen molar-refractivity contribution in [2.75, 3.05) is 26.7 Å². The molecule has 0 aliphatic carbocycles. The maximum atomic E-state index is 4.30. The maximum absolute atomic E-state index is 4.30. The lowest BCUT2D eigenvalue weighted by Gasteiger charge is -2.33. The van der Waals surface area contributed by atoms with Crippen molar-refractivity contribution in [2.45, 2.75) is 45.7 Å². The van der Waals surface area contributed by atoms with Crippen molar-refractivity contribution in [2.24, 2.45) is 4.99 Å². The zero-order valence-electron chi connectivity index (χ0n) is 14.2. The van der Waals surface area contributed by atoms with E-state index in [1.165, 1.54) is 36.9 Å². The highest BCUT2D eigenvalue weighted by molar-refractivity contribution is 5.79. The van der Waals surface area contributed by atoms with E-state index in [4.69, 9.17) is 0 Å². The minimum absolute atomic E-state index is 0.720. The summed E-state index contributed by atoms with van der Waals surface area (Å²) in [5, 5.41) is 6.79. The predicted octanol–water partition coefficient (Wildman–Crippen LogP) is 2.53. The molecule has 122 valence electrons. The van der Waals surface area contributed by atoms with Gasteiger partial charge in [-0.05, 0) is 38.8 Å². The molecular weight excluding hydrogens is 272 g/mol. The van der Waals surface area contributed by atoms with Crippen LogP contribution in [0, 0.1) is 6.92 Å². The van der Waals surface area contributed by atoms with Crippen LogP contribution in [0.3, 0.4) is 0 Å². The maximum Gasteiger partial charge on any atom is 0.191 e. The van der Waals surface area contributed by atoms with Gasteiger partial charge in [-0.1, -0.05) is 36.2 Å². The van der Waals surface area contributed by atoms with Crippen molar-refractivity contribution >= 4 is 5.96 Å². The summed E-state index contributed by atoms with van der Waals surface area (Å²) in [5.74, 6) is 0.880. The Kier molecular flexibility index (Phi) is 6.72. The molecule has 2 N–H and O–H groups in total. The number of aryl methyl sites for hydroxylation is 1. The lowest BCUT2D eigenvalue weighted by molar-refractivity contribution is 0.163. The average molecular weight is 302 g/mol. The lowest BCUT2D eigenvalue weighted by atomic mass is 10.0. The molecule has 1 aromatic carbocycles. The van der Waals surface area contributed by atoms with Crippen LogP contribution in [0.25, 0.3) is 0 Å². The summed E-state index contributed by atoms with van der Waals surface area (Å²) in [5.41, 5.74) is 2.57. The first-order valence-corrected chi connectivity index (χ1v) is 8.43. The van der Waals surface area contributed by atoms with Gasteiger partial charge in [-0.3, -0.25) is 9.89 Å². The Morgan fingerprint density at radius 3 is 2.68 bits per heavy atom. The quantitative estimate of drug-likeness (QED) is 0.648. The van der Waals surface area contributed by atoms with Gasteiger partial charge in [0.25, 0.3) is 0 Å². The third kappa shape index (κ3) is 5.34. The number of hydrogen-bond acceptors (Lipinski definition) is 2. The molecule has 1 fully saturated rings. The van der Waals surface area contributed by atoms with Crippen LogP contribution >= 0.6 is 0 Å². The number of rotatable bonds is 5. The molecule has 1 saturated heterocycles. The van der Waals surface area contributed by atoms with Crippen LogP contribution in [0.2, 0.25) is 0 Å². The SMILES string of the molecule is CN=C(NCCN1CCCCC1C)NCc1ccc(C)cc1. The highest BCUT2D eigenvalue weighted by atomic mass is 15.2. The molecule has 1 aliphatic rings. The molecule has 0 radical (unpaired) electrons. The van der Waals surface area contributed by atoms with Gasteiger partial charge in [0.1, 0.15) is 0 Å². The summed E-state index contributed by atoms with van der Waals surface area (Å²) in [7, 11) is 1.83. The highest BCUT2D eigenvalue weighted by Gasteiger charge is 2.17. The second-order valence-electron chi connectivity index (χ2n) is 6.22. The Morgan fingerprint density at radius 2 is 2.00 bits per heavy atom. The van der Waals surface area contributed by atoms with E-state index in [2.05, 4.69) is 58.6 Å². The molecule has 0 aromatic heterocycles. The van der Waals surface area contributed by atoms with Crippen LogP contribution < -0.4 is 10.6 Å². The molecule has 0 spiro atoms. The number of aliphatic imine (C=N–C) groups is 1. The fourth-order valence-corrected chi connectivity index (χ4v) is 2.92. The van der Waals surface area contributed by atoms with E-state index in [9.17, 15) is 0 Å². The molecule has 22 heavy (non-hydrogen) atoms. The summed E-state index contributed by atoms with van der Waals surface area (Å²) in [6.07, 6.45) is 4.05. The first-order chi connectivity index (χ1) is 10.7. The van der Waals surface area contributed by atoms with Gasteiger partial charge in [-0.2, -0.15) is 0 Å². The number of hydrogen-bond donors (Lipinski definition) is 2. The van der Waals surface area contributed by atoms with Gasteiger partial charge in [-0.25, -0.2) is 0 Å². The first-order valence-electron chi connectivity index (χ1n) is 8.43. The van der Waals surface area contributed by atoms with E-state index in [-0.39, 0.29) is 0 Å². The smallest absolute Gasteiger partial charge is 0.191 e. The van der Waals surface area contributed by atoms with E-state index < -0.39 is 0 Å². The first kappa shape index (κ1) is 16.8. The predicted molar refractivity (Wildman–Crippen MR) is 94.3 cm³/mol. The van der Waals surface area contributed by atoms with Gasteiger partial charge in [0, 0.05) is 32.7 Å². The summed E-state index contributed by atoms with van der Waals surface area (Å²) < 4.78 is 0. The Balaban J connectivity index is 1.69. The molecule has 1 heterocycles. The standard InChI is InChI=1S/C18H30N4/c1-15-7-9-17(10-8-15)14-21-18(19-3)20-11-13-22-12-5-4-6-16(22)2/h7-10,16H,4-6,11-14H2,1-3H3,(H2,19,20,21). The topological polar surface area (TPSA) is 39.7 Å². The monoisotopic (exact) mass is 302 g/mol. The largest absolute Gasteiger partial charge is 0.355 e. The van der Waals surface area contributed by atoms with Crippen LogP contribution in [0.4, 0.5) is 0 Å². The van der Waals surface area contributed by atoms with Crippen LogP contribution in [-0.2, 0) is 6.54 Å². The molecule has 1 unspecified atom stereocenters. The Hall–Kier alpha value is -1.55. The average Bonchev–Trinajstić information content (AvgIpc) is 2.54. The second kappa shape index (κ2) is 8.79. The zero-order valence-corrected chi connectivity index (χ0v) is 14.2. The molecular formula is C18H30N4. The Labute approximate surface area is 135 Å². The molecule has 4 heteroatoms. The van der Waals surface area contributed by atoms with E-state index in [1.807, 2.05) is 7.05 Å². The van der Waals surface area contributed by atoms with Gasteiger partial charge in [0.15, 0.2) is 5.96 Å². The van der Waals surface area contributed by atoms with Crippen molar-refractivity contribution in [3.63, 3.8) is 0 Å². The molecule has 1 atom stereocenters. The molecule has 2 rings (SSSR count). The number of nitrogens with zero attached hydrogens (tertiary/aromatic N) is 2. The van der Waals surface area contributed by atoms with Crippen molar-refractivity contribution in [1.82, 2.24) is 15.5 Å². The minimum Gasteiger partial charge on any atom is -0.355 e. The van der Waals surface area contributed by atoms with Crippen LogP contribution in [0.1, 0.15) is 37.3 Å². The lowest BCUT2D eigenvalue weighted by Crippen LogP contribution is -2.45. The van der Waals surface area contributed by atoms with E-state index in [0.717, 1.165) is 31.6 Å². The fraction of sp³-hybridized carbons (Fsp3) is 0.611. The van der Waals surface area contributed by atoms with Gasteiger partial charge in [0.2, 0.25) is 0 Å². The summed E-state index contributed by atoms with van der Waals surface area (Å²) >= 11 is 0. The summed E-state index contributed by atoms with van der Waals surface area (Å²) in [6, 6.07) is 9.32. The van der Waals surface area contributed by atoms with Gasteiger partial charge >= 0.3 is 0 Å². The Bertz CT molecular complexity index is 466. The summed E-state index contributed by atoms with van der Waals surface area (Å²) in [4.78, 5) is 6.87. The normalized spacial score (nSPS) is 20.0. The van der Waals surface area contributed by atoms with Crippen molar-refractivity contribution in [1.29, 1.82) is 0 Å². The molecule has 1 aliphatic heterocycles. The van der Waals surface area contributed by atoms with Gasteiger partial charge in [0.05, 0.1) is 0 Å². The van der Waals surface area contributed by atoms with E-state index in [0.29, 0.717) is 0 Å². The van der Waals surface area contributed by atoms with Crippen molar-refractivity contribution in [3.8, 4) is 0 Å². The molecule has 0 bridgehead atoms. The zero-order chi connectivity index (χ0) is 15.8. The second-order valence-corrected chi connectivity index (χ2v) is 6.22. The number of likely N-dealkylation sites (tertiary alicyclic amines) is 1. The highest BCUT2D eigenvalue weighted by Crippen LogP contribution is 2.15. The molecule has 4 nitrogen and oxygen atoms in total. The van der Waals surface area contributed by atoms with Crippen LogP contribution in [0.5, 0.6) is 0 Å². The minimum atomic E-state index is 0.720. The Morgan fingerprint density at radius 1 is 1.23 bits per heavy atom. The van der Waals surface area contributed by atoms with Crippen LogP contribution in [-0.4, -0.2) is 43.6 Å². The third-order valence-electron chi connectivity index (χ3n) is 4.44. The third-order valence-corrected chi connectivity index (χ3v) is 4.44. The molecule has 1 aromatic rings. The van der Waals surface area contributed by atoms with Crippen molar-refractivity contribution < 1.29 is 0 Å². The van der Waals surface area contributed by atoms with Crippen molar-refractivity contribution in [3.05, 3.63) is 35.4 Å². The number of benzene rings is 1. The van der Waals surface area contributed by atoms with Gasteiger partial charge < -0.3 is 10.6 Å². The summed E-state index contributed by atoms with van der Waals surface area (Å²) in [6.45, 7) is 8.52. The fourth-order valence-electron chi connectivity index (χ4n) is 2.92. The van der Waals surface area contributed by atoms with Crippen LogP contribution in [0.15, 0.2) is 29.3 Å². The number of guanidine groups is 1. The number of piperidine rings is 1. The van der Waals surface area contributed by atoms with E-state index in [1.54, 1.807) is 0 Å². The number of nitrogens with one attached hydrogen (secondary N) is 2. The molecule has 0 amide bonds. The van der Waals surface area contributed by atoms with E-state index >= 15 is 0 Å². The van der Waals surface area contributed by atoms with Gasteiger partial charge in [-0.15, -0.1) is 0 Å². The molecule has 0 saturated carbocycles.